The molecule has 0 aliphatic carbocycles. The summed E-state index contributed by atoms with van der Waals surface area (Å²) >= 11 is 3.42. The summed E-state index contributed by atoms with van der Waals surface area (Å²) in [7, 11) is 0. The Morgan fingerprint density at radius 3 is 2.82 bits per heavy atom. The molecule has 2 N–H and O–H groups in total. The van der Waals surface area contributed by atoms with Gasteiger partial charge < -0.3 is 4.74 Å². The van der Waals surface area contributed by atoms with Crippen molar-refractivity contribution in [1.82, 2.24) is 9.97 Å². The standard InChI is InChI=1S/C20H16BrN5O2/c1-2-28-17-9-8-15(21)10-14(17)12-23-26-20-24-18(13-6-4-3-5-7-13)16(11-22)19(27)25-20/h3-10,12H,2H2,1H3,(H2,24,25,26,27). The quantitative estimate of drug-likeness (QED) is 0.449. The molecule has 0 atom stereocenters. The predicted octanol–water partition coefficient (Wildman–Crippen LogP) is 3.92. The number of anilines is 1. The van der Waals surface area contributed by atoms with Crippen LogP contribution >= 0.6 is 15.9 Å². The second-order valence-corrected chi connectivity index (χ2v) is 6.52. The smallest absolute Gasteiger partial charge is 0.270 e. The molecule has 8 heteroatoms. The van der Waals surface area contributed by atoms with Gasteiger partial charge in [0, 0.05) is 15.6 Å². The average molecular weight is 438 g/mol. The molecule has 0 radical (unpaired) electrons. The summed E-state index contributed by atoms with van der Waals surface area (Å²) in [4.78, 5) is 19.1. The van der Waals surface area contributed by atoms with E-state index in [-0.39, 0.29) is 11.5 Å². The molecule has 0 amide bonds. The number of H-pyrrole nitrogens is 1. The minimum atomic E-state index is -0.536. The van der Waals surface area contributed by atoms with Crippen molar-refractivity contribution < 1.29 is 4.74 Å². The van der Waals surface area contributed by atoms with Crippen molar-refractivity contribution in [3.8, 4) is 23.1 Å². The first-order chi connectivity index (χ1) is 13.6. The van der Waals surface area contributed by atoms with Crippen LogP contribution in [-0.4, -0.2) is 22.8 Å². The zero-order valence-corrected chi connectivity index (χ0v) is 16.5. The Bertz CT molecular complexity index is 1100. The minimum absolute atomic E-state index is 0.0497. The highest BCUT2D eigenvalue weighted by molar-refractivity contribution is 9.10. The van der Waals surface area contributed by atoms with Gasteiger partial charge in [-0.25, -0.2) is 10.4 Å². The largest absolute Gasteiger partial charge is 0.493 e. The van der Waals surface area contributed by atoms with Crippen LogP contribution in [0.15, 0.2) is 62.9 Å². The van der Waals surface area contributed by atoms with E-state index in [4.69, 9.17) is 4.74 Å². The number of nitrogens with one attached hydrogen (secondary N) is 2. The highest BCUT2D eigenvalue weighted by Gasteiger charge is 2.12. The number of halogens is 1. The summed E-state index contributed by atoms with van der Waals surface area (Å²) in [6, 6.07) is 16.5. The van der Waals surface area contributed by atoms with Crippen molar-refractivity contribution in [2.75, 3.05) is 12.0 Å². The molecule has 7 nitrogen and oxygen atoms in total. The van der Waals surface area contributed by atoms with E-state index in [0.29, 0.717) is 23.6 Å². The monoisotopic (exact) mass is 437 g/mol. The van der Waals surface area contributed by atoms with Crippen LogP contribution in [0.3, 0.4) is 0 Å². The lowest BCUT2D eigenvalue weighted by Gasteiger charge is -2.08. The van der Waals surface area contributed by atoms with E-state index in [1.807, 2.05) is 49.4 Å². The van der Waals surface area contributed by atoms with E-state index in [1.165, 1.54) is 0 Å². The molecule has 140 valence electrons. The maximum absolute atomic E-state index is 12.2. The molecule has 0 unspecified atom stereocenters. The van der Waals surface area contributed by atoms with Crippen LogP contribution < -0.4 is 15.7 Å². The zero-order valence-electron chi connectivity index (χ0n) is 14.9. The SMILES string of the molecule is CCOc1ccc(Br)cc1C=NNc1nc(-c2ccccc2)c(C#N)c(=O)[nH]1. The van der Waals surface area contributed by atoms with Gasteiger partial charge >= 0.3 is 0 Å². The number of rotatable bonds is 6. The Balaban J connectivity index is 1.91. The first-order valence-corrected chi connectivity index (χ1v) is 9.23. The molecule has 1 aromatic heterocycles. The molecule has 0 saturated carbocycles. The number of hydrazone groups is 1. The second-order valence-electron chi connectivity index (χ2n) is 5.60. The fourth-order valence-corrected chi connectivity index (χ4v) is 2.88. The van der Waals surface area contributed by atoms with Gasteiger partial charge in [-0.3, -0.25) is 9.78 Å². The topological polar surface area (TPSA) is 103 Å². The Kier molecular flexibility index (Phi) is 6.19. The van der Waals surface area contributed by atoms with E-state index < -0.39 is 5.56 Å². The van der Waals surface area contributed by atoms with E-state index in [9.17, 15) is 10.1 Å². The average Bonchev–Trinajstić information content (AvgIpc) is 2.70. The fraction of sp³-hybridized carbons (Fsp3) is 0.100. The molecule has 3 rings (SSSR count). The molecule has 0 fully saturated rings. The van der Waals surface area contributed by atoms with Gasteiger partial charge in [-0.15, -0.1) is 0 Å². The van der Waals surface area contributed by atoms with Crippen molar-refractivity contribution in [2.24, 2.45) is 5.10 Å². The van der Waals surface area contributed by atoms with Crippen LogP contribution in [0.4, 0.5) is 5.95 Å². The lowest BCUT2D eigenvalue weighted by Crippen LogP contribution is -2.16. The van der Waals surface area contributed by atoms with Crippen LogP contribution in [0.1, 0.15) is 18.1 Å². The molecule has 0 aliphatic rings. The van der Waals surface area contributed by atoms with E-state index in [1.54, 1.807) is 18.3 Å². The lowest BCUT2D eigenvalue weighted by atomic mass is 10.1. The van der Waals surface area contributed by atoms with E-state index >= 15 is 0 Å². The van der Waals surface area contributed by atoms with Crippen molar-refractivity contribution in [1.29, 1.82) is 5.26 Å². The van der Waals surface area contributed by atoms with Crippen molar-refractivity contribution >= 4 is 28.1 Å². The summed E-state index contributed by atoms with van der Waals surface area (Å²) in [5.74, 6) is 0.814. The Labute approximate surface area is 169 Å². The number of hydrogen-bond donors (Lipinski definition) is 2. The van der Waals surface area contributed by atoms with Gasteiger partial charge in [0.25, 0.3) is 5.56 Å². The minimum Gasteiger partial charge on any atom is -0.493 e. The second kappa shape index (κ2) is 8.97. The highest BCUT2D eigenvalue weighted by Crippen LogP contribution is 2.22. The van der Waals surface area contributed by atoms with Gasteiger partial charge in [0.2, 0.25) is 5.95 Å². The highest BCUT2D eigenvalue weighted by atomic mass is 79.9. The van der Waals surface area contributed by atoms with Gasteiger partial charge in [-0.2, -0.15) is 10.4 Å². The molecule has 0 saturated heterocycles. The number of hydrogen-bond acceptors (Lipinski definition) is 6. The van der Waals surface area contributed by atoms with Crippen LogP contribution in [-0.2, 0) is 0 Å². The number of aromatic amines is 1. The van der Waals surface area contributed by atoms with Crippen LogP contribution in [0, 0.1) is 11.3 Å². The van der Waals surface area contributed by atoms with Crippen molar-refractivity contribution in [2.45, 2.75) is 6.92 Å². The molecule has 2 aromatic carbocycles. The van der Waals surface area contributed by atoms with E-state index in [2.05, 4.69) is 36.4 Å². The fourth-order valence-electron chi connectivity index (χ4n) is 2.50. The third kappa shape index (κ3) is 4.45. The number of aromatic nitrogens is 2. The normalized spacial score (nSPS) is 10.6. The van der Waals surface area contributed by atoms with Gasteiger partial charge in [0.1, 0.15) is 17.4 Å². The lowest BCUT2D eigenvalue weighted by molar-refractivity contribution is 0.339. The Hall–Kier alpha value is -3.44. The summed E-state index contributed by atoms with van der Waals surface area (Å²) in [6.45, 7) is 2.43. The molecule has 28 heavy (non-hydrogen) atoms. The van der Waals surface area contributed by atoms with Gasteiger partial charge in [-0.05, 0) is 25.1 Å². The third-order valence-corrected chi connectivity index (χ3v) is 4.22. The first kappa shape index (κ1) is 19.3. The number of nitrogens with zero attached hydrogens (tertiary/aromatic N) is 3. The molecular formula is C20H16BrN5O2. The predicted molar refractivity (Wildman–Crippen MR) is 112 cm³/mol. The molecular weight excluding hydrogens is 422 g/mol. The number of nitriles is 1. The molecule has 3 aromatic rings. The summed E-state index contributed by atoms with van der Waals surface area (Å²) < 4.78 is 6.45. The number of ether oxygens (including phenoxy) is 1. The summed E-state index contributed by atoms with van der Waals surface area (Å²) in [5.41, 5.74) is 3.84. The molecule has 0 spiro atoms. The molecule has 0 aliphatic heterocycles. The maximum Gasteiger partial charge on any atom is 0.270 e. The van der Waals surface area contributed by atoms with Crippen LogP contribution in [0.25, 0.3) is 11.3 Å². The number of benzene rings is 2. The maximum atomic E-state index is 12.2. The van der Waals surface area contributed by atoms with E-state index in [0.717, 1.165) is 10.0 Å². The van der Waals surface area contributed by atoms with Gasteiger partial charge in [0.15, 0.2) is 0 Å². The van der Waals surface area contributed by atoms with Crippen LogP contribution in [0.2, 0.25) is 0 Å². The zero-order chi connectivity index (χ0) is 19.9. The van der Waals surface area contributed by atoms with Crippen LogP contribution in [0.5, 0.6) is 5.75 Å². The molecule has 0 bridgehead atoms. The third-order valence-electron chi connectivity index (χ3n) is 3.72. The van der Waals surface area contributed by atoms with Crippen molar-refractivity contribution in [3.63, 3.8) is 0 Å². The Morgan fingerprint density at radius 2 is 2.11 bits per heavy atom. The van der Waals surface area contributed by atoms with Gasteiger partial charge in [0.05, 0.1) is 18.5 Å². The Morgan fingerprint density at radius 1 is 1.32 bits per heavy atom. The summed E-state index contributed by atoms with van der Waals surface area (Å²) in [5, 5.41) is 13.4. The van der Waals surface area contributed by atoms with Crippen molar-refractivity contribution in [3.05, 3.63) is 74.5 Å². The first-order valence-electron chi connectivity index (χ1n) is 8.43. The summed E-state index contributed by atoms with van der Waals surface area (Å²) in [6.07, 6.45) is 1.57. The van der Waals surface area contributed by atoms with Gasteiger partial charge in [-0.1, -0.05) is 46.3 Å². The molecule has 1 heterocycles.